The molecule has 1 aromatic rings. The van der Waals surface area contributed by atoms with E-state index in [-0.39, 0.29) is 29.3 Å². The molecule has 7 nitrogen and oxygen atoms in total. The van der Waals surface area contributed by atoms with Crippen LogP contribution in [0.2, 0.25) is 0 Å². The van der Waals surface area contributed by atoms with E-state index in [0.717, 1.165) is 30.0 Å². The summed E-state index contributed by atoms with van der Waals surface area (Å²) in [7, 11) is 0. The van der Waals surface area contributed by atoms with E-state index in [1.165, 1.54) is 0 Å². The second-order valence-corrected chi connectivity index (χ2v) is 8.06. The smallest absolute Gasteiger partial charge is 0.225 e. The number of hydrogen-bond donors (Lipinski definition) is 1. The summed E-state index contributed by atoms with van der Waals surface area (Å²) < 4.78 is 5.20. The van der Waals surface area contributed by atoms with Crippen LogP contribution in [0.4, 0.5) is 0 Å². The Morgan fingerprint density at radius 3 is 2.76 bits per heavy atom. The van der Waals surface area contributed by atoms with E-state index < -0.39 is 0 Å². The fourth-order valence-electron chi connectivity index (χ4n) is 4.49. The van der Waals surface area contributed by atoms with E-state index >= 15 is 0 Å². The molecular formula is C18H25N3O4. The van der Waals surface area contributed by atoms with Crippen LogP contribution < -0.4 is 0 Å². The van der Waals surface area contributed by atoms with Gasteiger partial charge in [-0.1, -0.05) is 5.16 Å². The number of carbonyl (C=O) groups excluding carboxylic acids is 2. The van der Waals surface area contributed by atoms with E-state index in [2.05, 4.69) is 5.16 Å². The molecule has 7 heteroatoms. The number of likely N-dealkylation sites (tertiary alicyclic amines) is 2. The van der Waals surface area contributed by atoms with E-state index in [1.54, 1.807) is 0 Å². The average molecular weight is 347 g/mol. The zero-order valence-corrected chi connectivity index (χ0v) is 14.8. The highest BCUT2D eigenvalue weighted by Gasteiger charge is 2.50. The summed E-state index contributed by atoms with van der Waals surface area (Å²) in [6, 6.07) is 0. The molecule has 0 radical (unpaired) electrons. The minimum absolute atomic E-state index is 0.0272. The third-order valence-electron chi connectivity index (χ3n) is 6.15. The van der Waals surface area contributed by atoms with Crippen LogP contribution in [0.5, 0.6) is 0 Å². The third kappa shape index (κ3) is 2.84. The predicted octanol–water partition coefficient (Wildman–Crippen LogP) is 1.01. The van der Waals surface area contributed by atoms with Crippen LogP contribution >= 0.6 is 0 Å². The average Bonchev–Trinajstić information content (AvgIpc) is 3.18. The second-order valence-electron chi connectivity index (χ2n) is 8.06. The molecule has 1 aliphatic carbocycles. The molecule has 1 aromatic heterocycles. The van der Waals surface area contributed by atoms with Gasteiger partial charge in [-0.05, 0) is 33.1 Å². The highest BCUT2D eigenvalue weighted by molar-refractivity contribution is 5.82. The van der Waals surface area contributed by atoms with Crippen molar-refractivity contribution in [2.75, 3.05) is 19.6 Å². The number of nitrogens with zero attached hydrogens (tertiary/aromatic N) is 3. The SMILES string of the molecule is Cc1noc(C)c1CN1CC2(CCN(C(=O)C3CC(O)C3)C2)CC1=O. The van der Waals surface area contributed by atoms with E-state index in [4.69, 9.17) is 4.52 Å². The minimum atomic E-state index is -0.316. The molecule has 2 saturated heterocycles. The Bertz CT molecular complexity index is 690. The lowest BCUT2D eigenvalue weighted by atomic mass is 9.81. The lowest BCUT2D eigenvalue weighted by molar-refractivity contribution is -0.141. The molecule has 1 atom stereocenters. The predicted molar refractivity (Wildman–Crippen MR) is 88.4 cm³/mol. The standard InChI is InChI=1S/C18H25N3O4/c1-11-15(12(2)25-19-11)8-21-10-18(7-16(21)23)3-4-20(9-18)17(24)13-5-14(22)6-13/h13-14,22H,3-10H2,1-2H3. The van der Waals surface area contributed by atoms with Crippen molar-refractivity contribution >= 4 is 11.8 Å². The first kappa shape index (κ1) is 16.6. The Labute approximate surface area is 146 Å². The molecule has 3 aliphatic rings. The number of aryl methyl sites for hydroxylation is 2. The number of aliphatic hydroxyl groups is 1. The van der Waals surface area contributed by atoms with Crippen LogP contribution in [0.1, 0.15) is 42.7 Å². The quantitative estimate of drug-likeness (QED) is 0.882. The third-order valence-corrected chi connectivity index (χ3v) is 6.15. The van der Waals surface area contributed by atoms with Gasteiger partial charge in [0, 0.05) is 43.0 Å². The van der Waals surface area contributed by atoms with Crippen LogP contribution in [0.3, 0.4) is 0 Å². The van der Waals surface area contributed by atoms with Gasteiger partial charge in [0.1, 0.15) is 5.76 Å². The van der Waals surface area contributed by atoms with Crippen molar-refractivity contribution in [2.45, 2.75) is 52.2 Å². The fraction of sp³-hybridized carbons (Fsp3) is 0.722. The van der Waals surface area contributed by atoms with Gasteiger partial charge in [-0.2, -0.15) is 0 Å². The van der Waals surface area contributed by atoms with Crippen molar-refractivity contribution in [3.63, 3.8) is 0 Å². The maximum absolute atomic E-state index is 12.5. The van der Waals surface area contributed by atoms with Gasteiger partial charge in [0.25, 0.3) is 0 Å². The Kier molecular flexibility index (Phi) is 3.86. The maximum Gasteiger partial charge on any atom is 0.225 e. The molecule has 1 spiro atoms. The summed E-state index contributed by atoms with van der Waals surface area (Å²) in [6.07, 6.45) is 2.23. The first-order chi connectivity index (χ1) is 11.9. The number of aromatic nitrogens is 1. The fourth-order valence-corrected chi connectivity index (χ4v) is 4.49. The van der Waals surface area contributed by atoms with Gasteiger partial charge in [0.2, 0.25) is 11.8 Å². The molecule has 136 valence electrons. The Morgan fingerprint density at radius 2 is 2.12 bits per heavy atom. The summed E-state index contributed by atoms with van der Waals surface area (Å²) in [4.78, 5) is 28.8. The zero-order valence-electron chi connectivity index (χ0n) is 14.8. The summed E-state index contributed by atoms with van der Waals surface area (Å²) >= 11 is 0. The van der Waals surface area contributed by atoms with Crippen LogP contribution in [0.25, 0.3) is 0 Å². The maximum atomic E-state index is 12.5. The van der Waals surface area contributed by atoms with Crippen LogP contribution in [-0.2, 0) is 16.1 Å². The molecule has 1 unspecified atom stereocenters. The molecule has 0 aromatic carbocycles. The van der Waals surface area contributed by atoms with Gasteiger partial charge >= 0.3 is 0 Å². The van der Waals surface area contributed by atoms with Crippen molar-refractivity contribution in [3.8, 4) is 0 Å². The van der Waals surface area contributed by atoms with Crippen molar-refractivity contribution in [1.29, 1.82) is 0 Å². The zero-order chi connectivity index (χ0) is 17.8. The van der Waals surface area contributed by atoms with E-state index in [9.17, 15) is 14.7 Å². The molecule has 1 N–H and O–H groups in total. The van der Waals surface area contributed by atoms with Crippen molar-refractivity contribution in [2.24, 2.45) is 11.3 Å². The van der Waals surface area contributed by atoms with Crippen molar-refractivity contribution < 1.29 is 19.2 Å². The minimum Gasteiger partial charge on any atom is -0.393 e. The Morgan fingerprint density at radius 1 is 1.36 bits per heavy atom. The summed E-state index contributed by atoms with van der Waals surface area (Å²) in [6.45, 7) is 6.36. The highest BCUT2D eigenvalue weighted by atomic mass is 16.5. The van der Waals surface area contributed by atoms with E-state index in [0.29, 0.717) is 38.9 Å². The number of amides is 2. The number of aliphatic hydroxyl groups excluding tert-OH is 1. The summed E-state index contributed by atoms with van der Waals surface area (Å²) in [5.41, 5.74) is 1.70. The van der Waals surface area contributed by atoms with Gasteiger partial charge in [-0.15, -0.1) is 0 Å². The molecule has 2 aliphatic heterocycles. The highest BCUT2D eigenvalue weighted by Crippen LogP contribution is 2.42. The number of carbonyl (C=O) groups is 2. The number of rotatable bonds is 3. The van der Waals surface area contributed by atoms with Gasteiger partial charge in [0.05, 0.1) is 18.3 Å². The first-order valence-corrected chi connectivity index (χ1v) is 9.03. The van der Waals surface area contributed by atoms with Crippen LogP contribution in [0, 0.1) is 25.2 Å². The molecule has 3 heterocycles. The lowest BCUT2D eigenvalue weighted by Gasteiger charge is -2.34. The van der Waals surface area contributed by atoms with Gasteiger partial charge in [-0.3, -0.25) is 9.59 Å². The molecule has 3 fully saturated rings. The van der Waals surface area contributed by atoms with Gasteiger partial charge in [0.15, 0.2) is 0 Å². The number of hydrogen-bond acceptors (Lipinski definition) is 5. The molecule has 25 heavy (non-hydrogen) atoms. The first-order valence-electron chi connectivity index (χ1n) is 9.03. The summed E-state index contributed by atoms with van der Waals surface area (Å²) in [5.74, 6) is 1.03. The van der Waals surface area contributed by atoms with E-state index in [1.807, 2.05) is 23.6 Å². The van der Waals surface area contributed by atoms with Gasteiger partial charge in [-0.25, -0.2) is 0 Å². The molecule has 0 bridgehead atoms. The lowest BCUT2D eigenvalue weighted by Crippen LogP contribution is -2.43. The van der Waals surface area contributed by atoms with Crippen molar-refractivity contribution in [1.82, 2.24) is 15.0 Å². The Balaban J connectivity index is 1.41. The normalized spacial score (nSPS) is 31.9. The van der Waals surface area contributed by atoms with Gasteiger partial charge < -0.3 is 19.4 Å². The monoisotopic (exact) mass is 347 g/mol. The Hall–Kier alpha value is -1.89. The topological polar surface area (TPSA) is 86.9 Å². The molecule has 1 saturated carbocycles. The molecule has 4 rings (SSSR count). The summed E-state index contributed by atoms with van der Waals surface area (Å²) in [5, 5.41) is 13.4. The van der Waals surface area contributed by atoms with Crippen molar-refractivity contribution in [3.05, 3.63) is 17.0 Å². The van der Waals surface area contributed by atoms with Crippen LogP contribution in [-0.4, -0.2) is 57.6 Å². The second kappa shape index (κ2) is 5.83. The molecular weight excluding hydrogens is 322 g/mol. The molecule has 2 amide bonds. The largest absolute Gasteiger partial charge is 0.393 e. The van der Waals surface area contributed by atoms with Crippen LogP contribution in [0.15, 0.2) is 4.52 Å².